The number of aromatic nitrogens is 2. The van der Waals surface area contributed by atoms with Crippen molar-refractivity contribution in [2.24, 2.45) is 0 Å². The molecule has 0 saturated heterocycles. The van der Waals surface area contributed by atoms with Gasteiger partial charge in [0, 0.05) is 37.9 Å². The molecule has 4 heterocycles. The second-order valence-electron chi connectivity index (χ2n) is 7.92. The van der Waals surface area contributed by atoms with E-state index in [0.29, 0.717) is 11.1 Å². The van der Waals surface area contributed by atoms with E-state index in [4.69, 9.17) is 9.90 Å². The molecule has 3 nitrogen and oxygen atoms in total. The van der Waals surface area contributed by atoms with E-state index in [-0.39, 0.29) is 50.1 Å². The fraction of sp³-hybridized carbons (Fsp3) is 0.0323. The van der Waals surface area contributed by atoms with E-state index in [1.54, 1.807) is 17.4 Å². The summed E-state index contributed by atoms with van der Waals surface area (Å²) in [5, 5.41) is 4.95. The van der Waals surface area contributed by atoms with Gasteiger partial charge in [-0.15, -0.1) is 65.4 Å². The molecule has 0 aliphatic carbocycles. The van der Waals surface area contributed by atoms with Gasteiger partial charge in [-0.05, 0) is 46.8 Å². The average molecular weight is 665 g/mol. The van der Waals surface area contributed by atoms with Crippen molar-refractivity contribution >= 4 is 43.4 Å². The molecule has 0 amide bonds. The fourth-order valence-electron chi connectivity index (χ4n) is 3.93. The summed E-state index contributed by atoms with van der Waals surface area (Å²) >= 11 is 1.60. The average Bonchev–Trinajstić information content (AvgIpc) is 3.60. The van der Waals surface area contributed by atoms with Gasteiger partial charge in [-0.25, -0.2) is 0 Å². The van der Waals surface area contributed by atoms with Gasteiger partial charge in [0.25, 0.3) is 0 Å². The molecule has 0 spiro atoms. The largest absolute Gasteiger partial charge is 0.499 e. The van der Waals surface area contributed by atoms with Crippen molar-refractivity contribution in [3.05, 3.63) is 120 Å². The van der Waals surface area contributed by atoms with Crippen molar-refractivity contribution in [2.75, 3.05) is 0 Å². The van der Waals surface area contributed by atoms with Crippen molar-refractivity contribution in [3.63, 3.8) is 0 Å². The smallest absolute Gasteiger partial charge is 0.138 e. The van der Waals surface area contributed by atoms with Crippen LogP contribution in [0.5, 0.6) is 0 Å². The van der Waals surface area contributed by atoms with Crippen LogP contribution in [-0.4, -0.2) is 9.97 Å². The molecule has 0 aliphatic rings. The van der Waals surface area contributed by atoms with Gasteiger partial charge in [0.15, 0.2) is 0 Å². The van der Waals surface area contributed by atoms with Crippen LogP contribution in [0.1, 0.15) is 11.0 Å². The van der Waals surface area contributed by atoms with Crippen molar-refractivity contribution in [2.45, 2.75) is 6.92 Å². The van der Waals surface area contributed by atoms with Crippen LogP contribution in [0.25, 0.3) is 54.5 Å². The summed E-state index contributed by atoms with van der Waals surface area (Å²) in [6.45, 7) is 2.03. The molecule has 3 aromatic carbocycles. The summed E-state index contributed by atoms with van der Waals surface area (Å²) in [7, 11) is 0. The Bertz CT molecular complexity index is 1970. The Balaban J connectivity index is 0.000000195. The maximum absolute atomic E-state index is 8.17. The van der Waals surface area contributed by atoms with Crippen LogP contribution in [0.3, 0.4) is 0 Å². The van der Waals surface area contributed by atoms with Crippen LogP contribution in [0.15, 0.2) is 107 Å². The van der Waals surface area contributed by atoms with Gasteiger partial charge in [-0.2, -0.15) is 0 Å². The summed E-state index contributed by atoms with van der Waals surface area (Å²) in [4.78, 5) is 8.38. The first-order valence-electron chi connectivity index (χ1n) is 13.0. The molecule has 0 unspecified atom stereocenters. The predicted octanol–water partition coefficient (Wildman–Crippen LogP) is 8.52. The third-order valence-corrected chi connectivity index (χ3v) is 6.55. The number of fused-ring (bicyclic) bond motifs is 5. The standard InChI is InChI=1S/C19H10NOS.C12H10N.Ir/c1-2-10-20-16(6-1)15-5-3-4-13-14-8-7-12-9-11-22-19(12)18(14)21-17(13)15;1-10-7-8-12(13-9-10)11-5-3-2-4-6-11;/h1-4,6-11H;2-5,7-9H,1H3;/q2*-1;/i1D,2D,6D,10D;;. The van der Waals surface area contributed by atoms with Crippen molar-refractivity contribution in [1.29, 1.82) is 0 Å². The van der Waals surface area contributed by atoms with E-state index in [1.165, 1.54) is 5.56 Å². The molecule has 0 saturated carbocycles. The summed E-state index contributed by atoms with van der Waals surface area (Å²) in [5.41, 5.74) is 5.09. The summed E-state index contributed by atoms with van der Waals surface area (Å²) in [6, 6.07) is 27.0. The number of aryl methyl sites for hydroxylation is 1. The molecule has 0 atom stereocenters. The van der Waals surface area contributed by atoms with Crippen molar-refractivity contribution in [3.8, 4) is 22.5 Å². The second-order valence-corrected chi connectivity index (χ2v) is 8.84. The van der Waals surface area contributed by atoms with Crippen LogP contribution < -0.4 is 0 Å². The minimum Gasteiger partial charge on any atom is -0.499 e. The van der Waals surface area contributed by atoms with Gasteiger partial charge in [-0.3, -0.25) is 0 Å². The number of rotatable bonds is 2. The van der Waals surface area contributed by atoms with Gasteiger partial charge in [0.2, 0.25) is 0 Å². The Kier molecular flexibility index (Phi) is 5.73. The summed E-state index contributed by atoms with van der Waals surface area (Å²) < 4.78 is 38.8. The van der Waals surface area contributed by atoms with E-state index in [2.05, 4.69) is 28.2 Å². The molecule has 5 heteroatoms. The molecule has 7 rings (SSSR count). The zero-order valence-corrected chi connectivity index (χ0v) is 22.3. The van der Waals surface area contributed by atoms with E-state index < -0.39 is 0 Å². The molecular weight excluding hydrogens is 641 g/mol. The maximum atomic E-state index is 8.17. The number of nitrogens with zero attached hydrogens (tertiary/aromatic N) is 2. The Morgan fingerprint density at radius 2 is 1.78 bits per heavy atom. The first-order chi connectivity index (χ1) is 18.9. The molecule has 0 aliphatic heterocycles. The molecule has 177 valence electrons. The molecule has 4 aromatic heterocycles. The molecule has 0 bridgehead atoms. The van der Waals surface area contributed by atoms with E-state index in [9.17, 15) is 0 Å². The zero-order chi connectivity index (χ0) is 27.1. The predicted molar refractivity (Wildman–Crippen MR) is 144 cm³/mol. The number of furan rings is 1. The molecule has 0 fully saturated rings. The van der Waals surface area contributed by atoms with E-state index in [0.717, 1.165) is 37.7 Å². The minimum atomic E-state index is -0.351. The Hall–Kier alpha value is -3.63. The second kappa shape index (κ2) is 10.5. The molecule has 7 aromatic rings. The Morgan fingerprint density at radius 3 is 2.61 bits per heavy atom. The van der Waals surface area contributed by atoms with Crippen LogP contribution in [0.2, 0.25) is 0 Å². The Labute approximate surface area is 232 Å². The zero-order valence-electron chi connectivity index (χ0n) is 23.0. The Morgan fingerprint density at radius 1 is 0.861 bits per heavy atom. The van der Waals surface area contributed by atoms with Gasteiger partial charge < -0.3 is 14.4 Å². The number of thiophene rings is 1. The topological polar surface area (TPSA) is 38.9 Å². The molecule has 0 N–H and O–H groups in total. The van der Waals surface area contributed by atoms with Crippen LogP contribution >= 0.6 is 11.3 Å². The summed E-state index contributed by atoms with van der Waals surface area (Å²) in [6.07, 6.45) is 1.54. The molecule has 36 heavy (non-hydrogen) atoms. The number of benzene rings is 3. The van der Waals surface area contributed by atoms with Gasteiger partial charge in [0.05, 0.1) is 15.8 Å². The fourth-order valence-corrected chi connectivity index (χ4v) is 4.81. The van der Waals surface area contributed by atoms with Gasteiger partial charge >= 0.3 is 0 Å². The summed E-state index contributed by atoms with van der Waals surface area (Å²) in [5.74, 6) is 0. The molecular formula is C31H20IrN2OS-2. The molecule has 1 radical (unpaired) electrons. The first kappa shape index (κ1) is 19.5. The van der Waals surface area contributed by atoms with Crippen molar-refractivity contribution in [1.82, 2.24) is 9.97 Å². The van der Waals surface area contributed by atoms with Crippen LogP contribution in [-0.2, 0) is 20.1 Å². The van der Waals surface area contributed by atoms with Crippen molar-refractivity contribution < 1.29 is 30.0 Å². The van der Waals surface area contributed by atoms with Crippen LogP contribution in [0, 0.1) is 19.1 Å². The first-order valence-corrected chi connectivity index (χ1v) is 11.9. The number of hydrogen-bond donors (Lipinski definition) is 0. The third kappa shape index (κ3) is 4.61. The van der Waals surface area contributed by atoms with E-state index >= 15 is 0 Å². The minimum absolute atomic E-state index is 0. The third-order valence-electron chi connectivity index (χ3n) is 5.62. The quantitative estimate of drug-likeness (QED) is 0.174. The normalized spacial score (nSPS) is 12.2. The SMILES string of the molecule is Cc1ccc(-c2[c-]cccc2)nc1.[2H]c1nc(-c2[c-]ccc3c2oc2c3ccc3ccsc32)c([2H])c([2H])c1[2H].[Ir]. The number of pyridine rings is 2. The van der Waals surface area contributed by atoms with Gasteiger partial charge in [-0.1, -0.05) is 47.3 Å². The monoisotopic (exact) mass is 665 g/mol. The van der Waals surface area contributed by atoms with Gasteiger partial charge in [0.1, 0.15) is 5.58 Å². The number of hydrogen-bond acceptors (Lipinski definition) is 4. The van der Waals surface area contributed by atoms with E-state index in [1.807, 2.05) is 73.1 Å². The maximum Gasteiger partial charge on any atom is 0.138 e. The van der Waals surface area contributed by atoms with Crippen LogP contribution in [0.4, 0.5) is 0 Å².